The van der Waals surface area contributed by atoms with E-state index >= 15 is 0 Å². The summed E-state index contributed by atoms with van der Waals surface area (Å²) in [4.78, 5) is 2.45. The maximum absolute atomic E-state index is 5.49. The number of likely N-dealkylation sites (tertiary alicyclic amines) is 1. The summed E-state index contributed by atoms with van der Waals surface area (Å²) in [6.45, 7) is 12.6. The molecule has 0 aromatic heterocycles. The minimum absolute atomic E-state index is 0.624. The molecule has 0 aliphatic carbocycles. The highest BCUT2D eigenvalue weighted by molar-refractivity contribution is 5.00. The van der Waals surface area contributed by atoms with Crippen LogP contribution in [0, 0.1) is 11.8 Å². The highest BCUT2D eigenvalue weighted by Crippen LogP contribution is 2.22. The van der Waals surface area contributed by atoms with E-state index in [-0.39, 0.29) is 0 Å². The fraction of sp³-hybridized carbons (Fsp3) is 0.800. The Bertz CT molecular complexity index is 155. The predicted octanol–water partition coefficient (Wildman–Crippen LogP) is 1.09. The molecule has 0 aromatic carbocycles. The summed E-state index contributed by atoms with van der Waals surface area (Å²) in [6.07, 6.45) is 0. The van der Waals surface area contributed by atoms with Gasteiger partial charge in [-0.3, -0.25) is 4.90 Å². The van der Waals surface area contributed by atoms with Gasteiger partial charge in [0.05, 0.1) is 0 Å². The summed E-state index contributed by atoms with van der Waals surface area (Å²) in [5.41, 5.74) is 6.64. The highest BCUT2D eigenvalue weighted by atomic mass is 15.1. The molecule has 0 radical (unpaired) electrons. The minimum atomic E-state index is 0.624. The van der Waals surface area contributed by atoms with E-state index in [1.54, 1.807) is 0 Å². The molecule has 0 amide bonds. The lowest BCUT2D eigenvalue weighted by molar-refractivity contribution is 0.350. The fourth-order valence-electron chi connectivity index (χ4n) is 1.76. The monoisotopic (exact) mass is 168 g/mol. The van der Waals surface area contributed by atoms with Crippen molar-refractivity contribution in [2.45, 2.75) is 13.8 Å². The third-order valence-electron chi connectivity index (χ3n) is 2.80. The Balaban J connectivity index is 2.32. The zero-order valence-electron chi connectivity index (χ0n) is 8.21. The molecule has 70 valence electrons. The Kier molecular flexibility index (Phi) is 3.29. The first-order valence-electron chi connectivity index (χ1n) is 4.72. The van der Waals surface area contributed by atoms with Crippen LogP contribution < -0.4 is 5.73 Å². The smallest absolute Gasteiger partial charge is 0.0203 e. The maximum Gasteiger partial charge on any atom is 0.0203 e. The number of nitrogens with zero attached hydrogens (tertiary/aromatic N) is 1. The molecule has 0 spiro atoms. The molecule has 1 aliphatic rings. The fourth-order valence-corrected chi connectivity index (χ4v) is 1.76. The molecule has 1 aliphatic heterocycles. The van der Waals surface area contributed by atoms with Crippen LogP contribution in [-0.2, 0) is 0 Å². The van der Waals surface area contributed by atoms with Crippen LogP contribution in [0.4, 0.5) is 0 Å². The average Bonchev–Trinajstić information content (AvgIpc) is 2.31. The molecule has 0 aromatic rings. The van der Waals surface area contributed by atoms with E-state index in [1.165, 1.54) is 13.1 Å². The lowest BCUT2D eigenvalue weighted by Gasteiger charge is -2.15. The second kappa shape index (κ2) is 4.06. The summed E-state index contributed by atoms with van der Waals surface area (Å²) in [7, 11) is 0. The molecule has 0 bridgehead atoms. The molecule has 1 fully saturated rings. The molecule has 1 rings (SSSR count). The van der Waals surface area contributed by atoms with Crippen molar-refractivity contribution in [3.63, 3.8) is 0 Å². The molecule has 2 atom stereocenters. The number of nitrogens with two attached hydrogens (primary N) is 1. The van der Waals surface area contributed by atoms with E-state index in [4.69, 9.17) is 5.73 Å². The Morgan fingerprint density at radius 1 is 1.42 bits per heavy atom. The van der Waals surface area contributed by atoms with Crippen molar-refractivity contribution in [1.29, 1.82) is 0 Å². The van der Waals surface area contributed by atoms with Crippen molar-refractivity contribution >= 4 is 0 Å². The summed E-state index contributed by atoms with van der Waals surface area (Å²) in [5.74, 6) is 1.66. The van der Waals surface area contributed by atoms with Crippen LogP contribution in [0.2, 0.25) is 0 Å². The molecule has 0 saturated carbocycles. The molecule has 1 saturated heterocycles. The van der Waals surface area contributed by atoms with Crippen LogP contribution in [-0.4, -0.2) is 31.1 Å². The molecule has 2 unspecified atom stereocenters. The summed E-state index contributed by atoms with van der Waals surface area (Å²) in [6, 6.07) is 0. The van der Waals surface area contributed by atoms with Crippen LogP contribution >= 0.6 is 0 Å². The lowest BCUT2D eigenvalue weighted by atomic mass is 10.0. The van der Waals surface area contributed by atoms with Gasteiger partial charge >= 0.3 is 0 Å². The number of hydrogen-bond acceptors (Lipinski definition) is 2. The van der Waals surface area contributed by atoms with Crippen molar-refractivity contribution in [3.8, 4) is 0 Å². The summed E-state index contributed by atoms with van der Waals surface area (Å²) < 4.78 is 0. The first-order valence-corrected chi connectivity index (χ1v) is 4.72. The van der Waals surface area contributed by atoms with Crippen molar-refractivity contribution in [1.82, 2.24) is 4.90 Å². The highest BCUT2D eigenvalue weighted by Gasteiger charge is 2.25. The average molecular weight is 168 g/mol. The third-order valence-corrected chi connectivity index (χ3v) is 2.80. The number of hydrogen-bond donors (Lipinski definition) is 1. The lowest BCUT2D eigenvalue weighted by Crippen LogP contribution is -2.25. The van der Waals surface area contributed by atoms with Crippen LogP contribution in [0.25, 0.3) is 0 Å². The van der Waals surface area contributed by atoms with Gasteiger partial charge in [-0.2, -0.15) is 0 Å². The molecule has 1 heterocycles. The van der Waals surface area contributed by atoms with E-state index in [1.807, 2.05) is 0 Å². The summed E-state index contributed by atoms with van der Waals surface area (Å²) in [5, 5.41) is 0. The van der Waals surface area contributed by atoms with Gasteiger partial charge in [-0.25, -0.2) is 0 Å². The molecule has 2 heteroatoms. The quantitative estimate of drug-likeness (QED) is 0.639. The second-order valence-electron chi connectivity index (χ2n) is 4.10. The van der Waals surface area contributed by atoms with Gasteiger partial charge in [-0.1, -0.05) is 20.4 Å². The van der Waals surface area contributed by atoms with E-state index in [2.05, 4.69) is 25.3 Å². The Morgan fingerprint density at radius 3 is 2.33 bits per heavy atom. The van der Waals surface area contributed by atoms with Crippen LogP contribution in [0.15, 0.2) is 12.2 Å². The van der Waals surface area contributed by atoms with Gasteiger partial charge in [0, 0.05) is 26.2 Å². The van der Waals surface area contributed by atoms with Crippen LogP contribution in [0.3, 0.4) is 0 Å². The molecular formula is C10H20N2. The SMILES string of the molecule is C=C(CN)CN1CC(C)C(C)C1. The van der Waals surface area contributed by atoms with Crippen molar-refractivity contribution in [3.05, 3.63) is 12.2 Å². The third kappa shape index (κ3) is 2.32. The van der Waals surface area contributed by atoms with Crippen molar-refractivity contribution < 1.29 is 0 Å². The minimum Gasteiger partial charge on any atom is -0.327 e. The van der Waals surface area contributed by atoms with Crippen LogP contribution in [0.5, 0.6) is 0 Å². The van der Waals surface area contributed by atoms with E-state index in [0.29, 0.717) is 6.54 Å². The molecular weight excluding hydrogens is 148 g/mol. The summed E-state index contributed by atoms with van der Waals surface area (Å²) >= 11 is 0. The molecule has 2 N–H and O–H groups in total. The van der Waals surface area contributed by atoms with Gasteiger partial charge in [0.1, 0.15) is 0 Å². The van der Waals surface area contributed by atoms with Crippen LogP contribution in [0.1, 0.15) is 13.8 Å². The number of rotatable bonds is 3. The van der Waals surface area contributed by atoms with Gasteiger partial charge in [-0.15, -0.1) is 0 Å². The largest absolute Gasteiger partial charge is 0.327 e. The van der Waals surface area contributed by atoms with E-state index in [9.17, 15) is 0 Å². The Hall–Kier alpha value is -0.340. The van der Waals surface area contributed by atoms with Gasteiger partial charge in [0.15, 0.2) is 0 Å². The normalized spacial score (nSPS) is 30.9. The Labute approximate surface area is 75.4 Å². The van der Waals surface area contributed by atoms with E-state index < -0.39 is 0 Å². The zero-order chi connectivity index (χ0) is 9.14. The van der Waals surface area contributed by atoms with Gasteiger partial charge in [0.2, 0.25) is 0 Å². The van der Waals surface area contributed by atoms with Crippen molar-refractivity contribution in [2.75, 3.05) is 26.2 Å². The standard InChI is InChI=1S/C10H20N2/c1-8(4-11)5-12-6-9(2)10(3)7-12/h9-10H,1,4-7,11H2,2-3H3. The van der Waals surface area contributed by atoms with Gasteiger partial charge in [-0.05, 0) is 17.4 Å². The second-order valence-corrected chi connectivity index (χ2v) is 4.10. The topological polar surface area (TPSA) is 29.3 Å². The molecule has 2 nitrogen and oxygen atoms in total. The van der Waals surface area contributed by atoms with Gasteiger partial charge < -0.3 is 5.73 Å². The van der Waals surface area contributed by atoms with Crippen molar-refractivity contribution in [2.24, 2.45) is 17.6 Å². The Morgan fingerprint density at radius 2 is 1.92 bits per heavy atom. The van der Waals surface area contributed by atoms with E-state index in [0.717, 1.165) is 24.0 Å². The first kappa shape index (κ1) is 9.75. The molecule has 12 heavy (non-hydrogen) atoms. The maximum atomic E-state index is 5.49. The zero-order valence-corrected chi connectivity index (χ0v) is 8.21. The van der Waals surface area contributed by atoms with Gasteiger partial charge in [0.25, 0.3) is 0 Å². The first-order chi connectivity index (χ1) is 5.63. The predicted molar refractivity (Wildman–Crippen MR) is 53.0 cm³/mol.